The summed E-state index contributed by atoms with van der Waals surface area (Å²) in [4.78, 5) is 26.2. The van der Waals surface area contributed by atoms with Crippen LogP contribution in [-0.2, 0) is 9.59 Å². The average Bonchev–Trinajstić information content (AvgIpc) is 2.94. The number of carbonyl (C=O) groups excluding carboxylic acids is 2. The lowest BCUT2D eigenvalue weighted by Crippen LogP contribution is -2.34. The molecule has 1 aromatic carbocycles. The molecule has 3 N–H and O–H groups in total. The topological polar surface area (TPSA) is 75.4 Å². The van der Waals surface area contributed by atoms with E-state index in [4.69, 9.17) is 5.73 Å². The molecule has 1 heterocycles. The summed E-state index contributed by atoms with van der Waals surface area (Å²) in [7, 11) is 0. The highest BCUT2D eigenvalue weighted by Gasteiger charge is 2.28. The van der Waals surface area contributed by atoms with Gasteiger partial charge in [-0.2, -0.15) is 0 Å². The lowest BCUT2D eigenvalue weighted by Gasteiger charge is -2.26. The van der Waals surface area contributed by atoms with Crippen LogP contribution in [0.5, 0.6) is 0 Å². The normalized spacial score (nSPS) is 25.3. The van der Waals surface area contributed by atoms with Gasteiger partial charge in [0.2, 0.25) is 11.8 Å². The first-order chi connectivity index (χ1) is 10.6. The Balaban J connectivity index is 1.74. The largest absolute Gasteiger partial charge is 0.328 e. The number of nitrogens with one attached hydrogen (secondary N) is 1. The first-order valence-corrected chi connectivity index (χ1v) is 8.11. The van der Waals surface area contributed by atoms with Gasteiger partial charge in [-0.1, -0.05) is 18.6 Å². The molecule has 1 saturated heterocycles. The van der Waals surface area contributed by atoms with Gasteiger partial charge < -0.3 is 16.0 Å². The Labute approximate surface area is 130 Å². The van der Waals surface area contributed by atoms with Gasteiger partial charge in [0.25, 0.3) is 0 Å². The molecular weight excluding hydrogens is 278 g/mol. The quantitative estimate of drug-likeness (QED) is 0.899. The van der Waals surface area contributed by atoms with Gasteiger partial charge in [0.15, 0.2) is 0 Å². The van der Waals surface area contributed by atoms with E-state index >= 15 is 0 Å². The fraction of sp³-hybridized carbons (Fsp3) is 0.529. The molecule has 22 heavy (non-hydrogen) atoms. The maximum absolute atomic E-state index is 12.5. The minimum Gasteiger partial charge on any atom is -0.328 e. The fourth-order valence-electron chi connectivity index (χ4n) is 3.42. The number of para-hydroxylation sites is 2. The molecule has 0 aromatic heterocycles. The highest BCUT2D eigenvalue weighted by Crippen LogP contribution is 2.31. The molecule has 2 aliphatic rings. The second-order valence-electron chi connectivity index (χ2n) is 6.28. The molecule has 3 rings (SSSR count). The van der Waals surface area contributed by atoms with Crippen molar-refractivity contribution in [3.05, 3.63) is 24.3 Å². The minimum absolute atomic E-state index is 0.0221. The van der Waals surface area contributed by atoms with Gasteiger partial charge >= 0.3 is 0 Å². The lowest BCUT2D eigenvalue weighted by molar-refractivity contribution is -0.121. The predicted molar refractivity (Wildman–Crippen MR) is 86.6 cm³/mol. The van der Waals surface area contributed by atoms with Gasteiger partial charge in [0.1, 0.15) is 0 Å². The molecule has 2 amide bonds. The number of nitrogens with two attached hydrogens (primary N) is 1. The third kappa shape index (κ3) is 3.14. The van der Waals surface area contributed by atoms with Crippen LogP contribution in [0.15, 0.2) is 24.3 Å². The Morgan fingerprint density at radius 2 is 2.05 bits per heavy atom. The highest BCUT2D eigenvalue weighted by molar-refractivity contribution is 6.02. The molecule has 2 atom stereocenters. The zero-order chi connectivity index (χ0) is 15.5. The minimum atomic E-state index is -0.0221. The lowest BCUT2D eigenvalue weighted by atomic mass is 9.85. The first-order valence-electron chi connectivity index (χ1n) is 8.11. The standard InChI is InChI=1S/C17H23N3O2/c18-13-6-3-5-12(11-13)17(22)19-14-7-1-2-8-15(14)20-10-4-9-16(20)21/h1-2,7-8,12-13H,3-6,9-11,18H2,(H,19,22). The Bertz CT molecular complexity index is 573. The Kier molecular flexibility index (Phi) is 4.43. The zero-order valence-corrected chi connectivity index (χ0v) is 12.8. The van der Waals surface area contributed by atoms with Crippen molar-refractivity contribution in [2.45, 2.75) is 44.6 Å². The van der Waals surface area contributed by atoms with E-state index in [1.165, 1.54) is 0 Å². The second-order valence-corrected chi connectivity index (χ2v) is 6.28. The van der Waals surface area contributed by atoms with Crippen LogP contribution in [0.25, 0.3) is 0 Å². The highest BCUT2D eigenvalue weighted by atomic mass is 16.2. The summed E-state index contributed by atoms with van der Waals surface area (Å²) in [5, 5.41) is 3.01. The number of hydrogen-bond acceptors (Lipinski definition) is 3. The van der Waals surface area contributed by atoms with E-state index in [1.807, 2.05) is 24.3 Å². The van der Waals surface area contributed by atoms with Crippen molar-refractivity contribution in [1.82, 2.24) is 0 Å². The predicted octanol–water partition coefficient (Wildman–Crippen LogP) is 2.27. The number of nitrogens with zero attached hydrogens (tertiary/aromatic N) is 1. The summed E-state index contributed by atoms with van der Waals surface area (Å²) in [5.41, 5.74) is 7.50. The number of hydrogen-bond donors (Lipinski definition) is 2. The summed E-state index contributed by atoms with van der Waals surface area (Å²) in [5.74, 6) is 0.127. The van der Waals surface area contributed by atoms with Gasteiger partial charge in [-0.3, -0.25) is 9.59 Å². The molecule has 2 fully saturated rings. The average molecular weight is 301 g/mol. The van der Waals surface area contributed by atoms with Crippen LogP contribution in [0.1, 0.15) is 38.5 Å². The Morgan fingerprint density at radius 3 is 2.77 bits per heavy atom. The number of amides is 2. The summed E-state index contributed by atoms with van der Waals surface area (Å²) in [6.07, 6.45) is 5.10. The van der Waals surface area contributed by atoms with E-state index in [1.54, 1.807) is 4.90 Å². The molecule has 0 spiro atoms. The van der Waals surface area contributed by atoms with Crippen molar-refractivity contribution in [3.8, 4) is 0 Å². The van der Waals surface area contributed by atoms with E-state index in [0.29, 0.717) is 6.42 Å². The van der Waals surface area contributed by atoms with E-state index < -0.39 is 0 Å². The summed E-state index contributed by atoms with van der Waals surface area (Å²) < 4.78 is 0. The van der Waals surface area contributed by atoms with E-state index in [9.17, 15) is 9.59 Å². The van der Waals surface area contributed by atoms with Crippen molar-refractivity contribution in [3.63, 3.8) is 0 Å². The molecule has 1 aromatic rings. The molecular formula is C17H23N3O2. The molecule has 5 heteroatoms. The zero-order valence-electron chi connectivity index (χ0n) is 12.8. The first kappa shape index (κ1) is 15.0. The van der Waals surface area contributed by atoms with Crippen molar-refractivity contribution in [2.75, 3.05) is 16.8 Å². The molecule has 0 radical (unpaired) electrons. The third-order valence-corrected chi connectivity index (χ3v) is 4.61. The van der Waals surface area contributed by atoms with Crippen molar-refractivity contribution < 1.29 is 9.59 Å². The van der Waals surface area contributed by atoms with Gasteiger partial charge in [0, 0.05) is 24.9 Å². The van der Waals surface area contributed by atoms with Crippen LogP contribution < -0.4 is 16.0 Å². The maximum atomic E-state index is 12.5. The number of benzene rings is 1. The van der Waals surface area contributed by atoms with Gasteiger partial charge in [-0.15, -0.1) is 0 Å². The monoisotopic (exact) mass is 301 g/mol. The van der Waals surface area contributed by atoms with Crippen LogP contribution in [0.3, 0.4) is 0 Å². The van der Waals surface area contributed by atoms with Crippen LogP contribution in [0.2, 0.25) is 0 Å². The number of carbonyl (C=O) groups is 2. The Morgan fingerprint density at radius 1 is 1.23 bits per heavy atom. The molecule has 1 aliphatic heterocycles. The smallest absolute Gasteiger partial charge is 0.227 e. The van der Waals surface area contributed by atoms with Gasteiger partial charge in [-0.05, 0) is 37.8 Å². The summed E-state index contributed by atoms with van der Waals surface area (Å²) in [6.45, 7) is 0.722. The van der Waals surface area contributed by atoms with Crippen LogP contribution in [0.4, 0.5) is 11.4 Å². The molecule has 2 unspecified atom stereocenters. The van der Waals surface area contributed by atoms with E-state index in [-0.39, 0.29) is 23.8 Å². The molecule has 1 saturated carbocycles. The van der Waals surface area contributed by atoms with Gasteiger partial charge in [0.05, 0.1) is 11.4 Å². The third-order valence-electron chi connectivity index (χ3n) is 4.61. The van der Waals surface area contributed by atoms with Crippen molar-refractivity contribution in [1.29, 1.82) is 0 Å². The number of rotatable bonds is 3. The van der Waals surface area contributed by atoms with E-state index in [0.717, 1.165) is 50.0 Å². The second kappa shape index (κ2) is 6.48. The van der Waals surface area contributed by atoms with Gasteiger partial charge in [-0.25, -0.2) is 0 Å². The Hall–Kier alpha value is -1.88. The van der Waals surface area contributed by atoms with Crippen LogP contribution in [0, 0.1) is 5.92 Å². The van der Waals surface area contributed by atoms with Crippen LogP contribution >= 0.6 is 0 Å². The van der Waals surface area contributed by atoms with Crippen molar-refractivity contribution in [2.24, 2.45) is 11.7 Å². The van der Waals surface area contributed by atoms with Crippen LogP contribution in [-0.4, -0.2) is 24.4 Å². The van der Waals surface area contributed by atoms with E-state index in [2.05, 4.69) is 5.32 Å². The summed E-state index contributed by atoms with van der Waals surface area (Å²) >= 11 is 0. The fourth-order valence-corrected chi connectivity index (χ4v) is 3.42. The molecule has 5 nitrogen and oxygen atoms in total. The number of anilines is 2. The SMILES string of the molecule is NC1CCCC(C(=O)Nc2ccccc2N2CCCC2=O)C1. The molecule has 1 aliphatic carbocycles. The maximum Gasteiger partial charge on any atom is 0.227 e. The summed E-state index contributed by atoms with van der Waals surface area (Å²) in [6, 6.07) is 7.66. The van der Waals surface area contributed by atoms with Crippen molar-refractivity contribution >= 4 is 23.2 Å². The molecule has 0 bridgehead atoms. The molecule has 118 valence electrons.